The zero-order valence-electron chi connectivity index (χ0n) is 15.3. The molecule has 0 spiro atoms. The highest BCUT2D eigenvalue weighted by Crippen LogP contribution is 2.40. The molecule has 0 unspecified atom stereocenters. The van der Waals surface area contributed by atoms with Gasteiger partial charge in [0.25, 0.3) is 0 Å². The van der Waals surface area contributed by atoms with Gasteiger partial charge in [0.15, 0.2) is 5.96 Å². The zero-order valence-corrected chi connectivity index (χ0v) is 17.6. The maximum Gasteiger partial charge on any atom is 0.191 e. The van der Waals surface area contributed by atoms with Gasteiger partial charge in [-0.25, -0.2) is 4.39 Å². The highest BCUT2D eigenvalue weighted by molar-refractivity contribution is 14.0. The Morgan fingerprint density at radius 2 is 2.04 bits per heavy atom. The lowest BCUT2D eigenvalue weighted by atomic mass is 9.83. The first-order chi connectivity index (χ1) is 11.7. The third-order valence-corrected chi connectivity index (χ3v) is 4.95. The summed E-state index contributed by atoms with van der Waals surface area (Å²) in [7, 11) is 3.55. The number of guanidine groups is 1. The number of benzene rings is 1. The van der Waals surface area contributed by atoms with Crippen LogP contribution in [0.5, 0.6) is 0 Å². The molecule has 0 aromatic heterocycles. The van der Waals surface area contributed by atoms with Crippen LogP contribution in [-0.2, 0) is 11.2 Å². The van der Waals surface area contributed by atoms with Crippen LogP contribution in [0.15, 0.2) is 29.3 Å². The normalized spacial score (nSPS) is 16.4. The van der Waals surface area contributed by atoms with Gasteiger partial charge in [-0.15, -0.1) is 24.0 Å². The zero-order chi connectivity index (χ0) is 17.3. The molecule has 142 valence electrons. The molecule has 0 saturated heterocycles. The second-order valence-electron chi connectivity index (χ2n) is 6.68. The second-order valence-corrected chi connectivity index (χ2v) is 6.68. The first-order valence-corrected chi connectivity index (χ1v) is 8.85. The Balaban J connectivity index is 0.00000312. The first-order valence-electron chi connectivity index (χ1n) is 8.85. The maximum atomic E-state index is 13.2. The van der Waals surface area contributed by atoms with Crippen LogP contribution in [-0.4, -0.2) is 39.8 Å². The number of nitrogens with zero attached hydrogens (tertiary/aromatic N) is 1. The van der Waals surface area contributed by atoms with Crippen LogP contribution in [0.1, 0.15) is 37.7 Å². The van der Waals surface area contributed by atoms with Gasteiger partial charge in [0.2, 0.25) is 0 Å². The third-order valence-electron chi connectivity index (χ3n) is 4.95. The molecule has 1 saturated carbocycles. The summed E-state index contributed by atoms with van der Waals surface area (Å²) < 4.78 is 18.5. The molecule has 0 amide bonds. The van der Waals surface area contributed by atoms with E-state index in [1.165, 1.54) is 31.7 Å². The lowest BCUT2D eigenvalue weighted by molar-refractivity contribution is 0.138. The summed E-state index contributed by atoms with van der Waals surface area (Å²) in [5.41, 5.74) is 1.32. The van der Waals surface area contributed by atoms with Gasteiger partial charge in [0, 0.05) is 33.9 Å². The number of nitrogens with one attached hydrogen (secondary N) is 2. The largest absolute Gasteiger partial charge is 0.385 e. The van der Waals surface area contributed by atoms with E-state index < -0.39 is 0 Å². The molecule has 4 nitrogen and oxygen atoms in total. The molecular weight excluding hydrogens is 432 g/mol. The van der Waals surface area contributed by atoms with E-state index >= 15 is 0 Å². The van der Waals surface area contributed by atoms with Crippen molar-refractivity contribution in [1.82, 2.24) is 10.6 Å². The summed E-state index contributed by atoms with van der Waals surface area (Å²) in [6.07, 6.45) is 6.98. The number of aliphatic imine (C=N–C) groups is 1. The minimum Gasteiger partial charge on any atom is -0.385 e. The van der Waals surface area contributed by atoms with Crippen LogP contribution in [0.2, 0.25) is 0 Å². The van der Waals surface area contributed by atoms with Gasteiger partial charge in [0.1, 0.15) is 5.82 Å². The summed E-state index contributed by atoms with van der Waals surface area (Å²) in [6, 6.07) is 6.74. The lowest BCUT2D eigenvalue weighted by Gasteiger charge is -2.30. The van der Waals surface area contributed by atoms with Crippen molar-refractivity contribution in [1.29, 1.82) is 0 Å². The SMILES string of the molecule is CN=C(NCCc1cccc(F)c1)NCC1(CCOC)CCCC1.I. The number of methoxy groups -OCH3 is 1. The molecule has 25 heavy (non-hydrogen) atoms. The van der Waals surface area contributed by atoms with Gasteiger partial charge in [-0.3, -0.25) is 4.99 Å². The van der Waals surface area contributed by atoms with Crippen LogP contribution in [0.3, 0.4) is 0 Å². The van der Waals surface area contributed by atoms with E-state index in [1.54, 1.807) is 26.3 Å². The molecule has 1 aliphatic carbocycles. The van der Waals surface area contributed by atoms with Crippen LogP contribution >= 0.6 is 24.0 Å². The van der Waals surface area contributed by atoms with Crippen molar-refractivity contribution in [3.8, 4) is 0 Å². The molecule has 0 aliphatic heterocycles. The smallest absolute Gasteiger partial charge is 0.191 e. The van der Waals surface area contributed by atoms with E-state index in [0.717, 1.165) is 44.1 Å². The summed E-state index contributed by atoms with van der Waals surface area (Å²) in [5, 5.41) is 6.79. The average molecular weight is 463 g/mol. The van der Waals surface area contributed by atoms with Crippen LogP contribution in [0.25, 0.3) is 0 Å². The fourth-order valence-electron chi connectivity index (χ4n) is 3.47. The van der Waals surface area contributed by atoms with Crippen molar-refractivity contribution in [2.24, 2.45) is 10.4 Å². The molecule has 0 radical (unpaired) electrons. The van der Waals surface area contributed by atoms with E-state index in [4.69, 9.17) is 4.74 Å². The number of halogens is 2. The Bertz CT molecular complexity index is 533. The maximum absolute atomic E-state index is 13.2. The molecule has 0 heterocycles. The minimum atomic E-state index is -0.184. The van der Waals surface area contributed by atoms with Gasteiger partial charge in [-0.1, -0.05) is 25.0 Å². The van der Waals surface area contributed by atoms with Gasteiger partial charge < -0.3 is 15.4 Å². The standard InChI is InChI=1S/C19H30FN3O.HI/c1-21-18(22-12-8-16-6-5-7-17(20)14-16)23-15-19(11-13-24-2)9-3-4-10-19;/h5-7,14H,3-4,8-13,15H2,1-2H3,(H2,21,22,23);1H. The molecular formula is C19H31FIN3O. The van der Waals surface area contributed by atoms with E-state index in [-0.39, 0.29) is 29.8 Å². The topological polar surface area (TPSA) is 45.7 Å². The average Bonchev–Trinajstić information content (AvgIpc) is 3.05. The van der Waals surface area contributed by atoms with Crippen molar-refractivity contribution in [2.45, 2.75) is 38.5 Å². The Morgan fingerprint density at radius 3 is 2.68 bits per heavy atom. The quantitative estimate of drug-likeness (QED) is 0.351. The lowest BCUT2D eigenvalue weighted by Crippen LogP contribution is -2.43. The molecule has 2 N–H and O–H groups in total. The molecule has 0 atom stereocenters. The van der Waals surface area contributed by atoms with Crippen LogP contribution in [0, 0.1) is 11.2 Å². The Kier molecular flexibility index (Phi) is 10.3. The van der Waals surface area contributed by atoms with Crippen LogP contribution < -0.4 is 10.6 Å². The first kappa shape index (κ1) is 22.2. The summed E-state index contributed by atoms with van der Waals surface area (Å²) in [4.78, 5) is 4.30. The van der Waals surface area contributed by atoms with Crippen molar-refractivity contribution in [3.63, 3.8) is 0 Å². The number of ether oxygens (including phenoxy) is 1. The van der Waals surface area contributed by atoms with Crippen LogP contribution in [0.4, 0.5) is 4.39 Å². The molecule has 0 bridgehead atoms. The fraction of sp³-hybridized carbons (Fsp3) is 0.632. The molecule has 1 fully saturated rings. The summed E-state index contributed by atoms with van der Waals surface area (Å²) in [5.74, 6) is 0.631. The number of hydrogen-bond acceptors (Lipinski definition) is 2. The Hall–Kier alpha value is -0.890. The highest BCUT2D eigenvalue weighted by Gasteiger charge is 2.33. The van der Waals surface area contributed by atoms with Crippen molar-refractivity contribution in [3.05, 3.63) is 35.6 Å². The Morgan fingerprint density at radius 1 is 1.28 bits per heavy atom. The molecule has 1 aromatic rings. The molecule has 6 heteroatoms. The van der Waals surface area contributed by atoms with E-state index in [9.17, 15) is 4.39 Å². The highest BCUT2D eigenvalue weighted by atomic mass is 127. The fourth-order valence-corrected chi connectivity index (χ4v) is 3.47. The molecule has 1 aliphatic rings. The second kappa shape index (κ2) is 11.7. The van der Waals surface area contributed by atoms with E-state index in [0.29, 0.717) is 5.41 Å². The van der Waals surface area contributed by atoms with Crippen molar-refractivity contribution < 1.29 is 9.13 Å². The minimum absolute atomic E-state index is 0. The summed E-state index contributed by atoms with van der Waals surface area (Å²) >= 11 is 0. The van der Waals surface area contributed by atoms with Gasteiger partial charge in [-0.05, 0) is 48.8 Å². The molecule has 1 aromatic carbocycles. The summed E-state index contributed by atoms with van der Waals surface area (Å²) in [6.45, 7) is 2.47. The molecule has 2 rings (SSSR count). The monoisotopic (exact) mass is 463 g/mol. The third kappa shape index (κ3) is 7.48. The van der Waals surface area contributed by atoms with Gasteiger partial charge >= 0.3 is 0 Å². The van der Waals surface area contributed by atoms with Crippen molar-refractivity contribution >= 4 is 29.9 Å². The van der Waals surface area contributed by atoms with Gasteiger partial charge in [-0.2, -0.15) is 0 Å². The van der Waals surface area contributed by atoms with E-state index in [2.05, 4.69) is 15.6 Å². The number of rotatable bonds is 8. The van der Waals surface area contributed by atoms with Crippen molar-refractivity contribution in [2.75, 3.05) is 33.9 Å². The predicted octanol–water partition coefficient (Wildman–Crippen LogP) is 3.75. The van der Waals surface area contributed by atoms with E-state index in [1.807, 2.05) is 6.07 Å². The Labute approximate surface area is 168 Å². The number of hydrogen-bond donors (Lipinski definition) is 2. The van der Waals surface area contributed by atoms with Gasteiger partial charge in [0.05, 0.1) is 0 Å². The predicted molar refractivity (Wildman–Crippen MR) is 112 cm³/mol.